The number of hydrogen-bond donors (Lipinski definition) is 1. The van der Waals surface area contributed by atoms with E-state index in [0.717, 1.165) is 18.7 Å². The molecule has 0 aromatic heterocycles. The minimum Gasteiger partial charge on any atom is -0.493 e. The summed E-state index contributed by atoms with van der Waals surface area (Å²) in [5.41, 5.74) is 3.67. The van der Waals surface area contributed by atoms with E-state index in [1.165, 1.54) is 5.56 Å². The number of anilines is 1. The van der Waals surface area contributed by atoms with Crippen molar-refractivity contribution in [1.29, 1.82) is 0 Å². The van der Waals surface area contributed by atoms with Crippen LogP contribution in [0.5, 0.6) is 5.75 Å². The number of nitrogens with one attached hydrogen (secondary N) is 1. The number of rotatable bonds is 4. The average Bonchev–Trinajstić information content (AvgIpc) is 2.95. The lowest BCUT2D eigenvalue weighted by atomic mass is 10.0. The lowest BCUT2D eigenvalue weighted by Crippen LogP contribution is -2.05. The first-order valence-electron chi connectivity index (χ1n) is 6.93. The maximum Gasteiger partial charge on any atom is 0.196 e. The molecule has 3 heteroatoms. The molecule has 0 bridgehead atoms. The number of hydrogen-bond acceptors (Lipinski definition) is 3. The molecule has 0 unspecified atom stereocenters. The quantitative estimate of drug-likeness (QED) is 0.864. The minimum absolute atomic E-state index is 0.00514. The Kier molecular flexibility index (Phi) is 3.42. The summed E-state index contributed by atoms with van der Waals surface area (Å²) in [6.45, 7) is 3.42. The van der Waals surface area contributed by atoms with Crippen LogP contribution >= 0.6 is 0 Å². The van der Waals surface area contributed by atoms with Crippen molar-refractivity contribution < 1.29 is 9.53 Å². The lowest BCUT2D eigenvalue weighted by molar-refractivity contribution is 0.103. The Morgan fingerprint density at radius 3 is 2.95 bits per heavy atom. The van der Waals surface area contributed by atoms with Gasteiger partial charge in [0.15, 0.2) is 5.78 Å². The van der Waals surface area contributed by atoms with Crippen molar-refractivity contribution in [1.82, 2.24) is 0 Å². The molecule has 2 aromatic carbocycles. The molecule has 1 heterocycles. The topological polar surface area (TPSA) is 38.3 Å². The fourth-order valence-corrected chi connectivity index (χ4v) is 2.52. The Labute approximate surface area is 118 Å². The van der Waals surface area contributed by atoms with Crippen molar-refractivity contribution in [2.45, 2.75) is 13.3 Å². The second-order valence-electron chi connectivity index (χ2n) is 4.81. The van der Waals surface area contributed by atoms with E-state index >= 15 is 0 Å². The third-order valence-corrected chi connectivity index (χ3v) is 3.51. The molecule has 0 saturated carbocycles. The van der Waals surface area contributed by atoms with Crippen molar-refractivity contribution in [3.05, 3.63) is 59.2 Å². The van der Waals surface area contributed by atoms with Crippen LogP contribution in [0.1, 0.15) is 28.4 Å². The van der Waals surface area contributed by atoms with E-state index in [2.05, 4.69) is 5.32 Å². The van der Waals surface area contributed by atoms with Crippen LogP contribution < -0.4 is 10.1 Å². The Hall–Kier alpha value is -2.29. The molecule has 1 aliphatic rings. The molecule has 0 atom stereocenters. The van der Waals surface area contributed by atoms with E-state index in [4.69, 9.17) is 4.74 Å². The van der Waals surface area contributed by atoms with Crippen molar-refractivity contribution in [2.24, 2.45) is 0 Å². The monoisotopic (exact) mass is 267 g/mol. The molecule has 1 N–H and O–H groups in total. The van der Waals surface area contributed by atoms with Gasteiger partial charge in [0.2, 0.25) is 0 Å². The first-order valence-corrected chi connectivity index (χ1v) is 6.93. The van der Waals surface area contributed by atoms with Crippen molar-refractivity contribution in [3.8, 4) is 5.75 Å². The van der Waals surface area contributed by atoms with Crippen LogP contribution in [0.4, 0.5) is 5.69 Å². The summed E-state index contributed by atoms with van der Waals surface area (Å²) in [5, 5.41) is 3.30. The van der Waals surface area contributed by atoms with Crippen LogP contribution in [0.15, 0.2) is 42.5 Å². The molecule has 102 valence electrons. The molecular weight excluding hydrogens is 250 g/mol. The number of carbonyl (C=O) groups excluding carboxylic acids is 1. The molecule has 3 nitrogen and oxygen atoms in total. The number of benzene rings is 2. The minimum atomic E-state index is 0.00514. The van der Waals surface area contributed by atoms with Gasteiger partial charge >= 0.3 is 0 Å². The average molecular weight is 267 g/mol. The normalized spacial score (nSPS) is 12.7. The lowest BCUT2D eigenvalue weighted by Gasteiger charge is -2.10. The standard InChI is InChI=1S/C17H17NO2/c1-2-20-16-6-4-3-5-14(16)17(19)13-8-7-12-9-10-18-15(12)11-13/h3-8,11,18H,2,9-10H2,1H3. The summed E-state index contributed by atoms with van der Waals surface area (Å²) in [5.74, 6) is 0.652. The second kappa shape index (κ2) is 5.37. The molecule has 1 aliphatic heterocycles. The Morgan fingerprint density at radius 2 is 2.10 bits per heavy atom. The maximum atomic E-state index is 12.6. The molecule has 0 spiro atoms. The highest BCUT2D eigenvalue weighted by atomic mass is 16.5. The summed E-state index contributed by atoms with van der Waals surface area (Å²) < 4.78 is 5.54. The Balaban J connectivity index is 1.96. The second-order valence-corrected chi connectivity index (χ2v) is 4.81. The smallest absolute Gasteiger partial charge is 0.196 e. The van der Waals surface area contributed by atoms with Gasteiger partial charge < -0.3 is 10.1 Å². The third-order valence-electron chi connectivity index (χ3n) is 3.51. The van der Waals surface area contributed by atoms with Crippen LogP contribution in [0.2, 0.25) is 0 Å². The van der Waals surface area contributed by atoms with Gasteiger partial charge in [-0.15, -0.1) is 0 Å². The summed E-state index contributed by atoms with van der Waals surface area (Å²) in [4.78, 5) is 12.6. The highest BCUT2D eigenvalue weighted by Crippen LogP contribution is 2.27. The zero-order valence-corrected chi connectivity index (χ0v) is 11.5. The van der Waals surface area contributed by atoms with Gasteiger partial charge in [0.05, 0.1) is 12.2 Å². The van der Waals surface area contributed by atoms with Gasteiger partial charge in [0, 0.05) is 17.8 Å². The van der Waals surface area contributed by atoms with Gasteiger partial charge in [-0.2, -0.15) is 0 Å². The summed E-state index contributed by atoms with van der Waals surface area (Å²) in [7, 11) is 0. The van der Waals surface area contributed by atoms with Gasteiger partial charge in [-0.1, -0.05) is 24.3 Å². The van der Waals surface area contributed by atoms with Crippen molar-refractivity contribution in [3.63, 3.8) is 0 Å². The Morgan fingerprint density at radius 1 is 1.25 bits per heavy atom. The summed E-state index contributed by atoms with van der Waals surface area (Å²) >= 11 is 0. The van der Waals surface area contributed by atoms with Gasteiger partial charge in [-0.25, -0.2) is 0 Å². The predicted octanol–water partition coefficient (Wildman–Crippen LogP) is 3.28. The number of para-hydroxylation sites is 1. The highest BCUT2D eigenvalue weighted by molar-refractivity contribution is 6.11. The Bertz CT molecular complexity index is 649. The summed E-state index contributed by atoms with van der Waals surface area (Å²) in [6, 6.07) is 13.3. The number of fused-ring (bicyclic) bond motifs is 1. The fraction of sp³-hybridized carbons (Fsp3) is 0.235. The van der Waals surface area contributed by atoms with E-state index < -0.39 is 0 Å². The molecule has 20 heavy (non-hydrogen) atoms. The van der Waals surface area contributed by atoms with Crippen LogP contribution in [-0.4, -0.2) is 18.9 Å². The predicted molar refractivity (Wildman–Crippen MR) is 79.7 cm³/mol. The van der Waals surface area contributed by atoms with E-state index in [1.54, 1.807) is 0 Å². The first-order chi connectivity index (χ1) is 9.79. The number of ether oxygens (including phenoxy) is 1. The largest absolute Gasteiger partial charge is 0.493 e. The van der Waals surface area contributed by atoms with Gasteiger partial charge in [0.1, 0.15) is 5.75 Å². The van der Waals surface area contributed by atoms with Crippen LogP contribution in [0.3, 0.4) is 0 Å². The molecule has 2 aromatic rings. The van der Waals surface area contributed by atoms with E-state index in [-0.39, 0.29) is 5.78 Å². The van der Waals surface area contributed by atoms with E-state index in [9.17, 15) is 4.79 Å². The molecule has 0 aliphatic carbocycles. The SMILES string of the molecule is CCOc1ccccc1C(=O)c1ccc2c(c1)NCC2. The molecule has 0 fully saturated rings. The highest BCUT2D eigenvalue weighted by Gasteiger charge is 2.17. The molecular formula is C17H17NO2. The zero-order valence-electron chi connectivity index (χ0n) is 11.5. The van der Waals surface area contributed by atoms with Crippen molar-refractivity contribution in [2.75, 3.05) is 18.5 Å². The first kappa shape index (κ1) is 12.7. The van der Waals surface area contributed by atoms with Crippen LogP contribution in [-0.2, 0) is 6.42 Å². The van der Waals surface area contributed by atoms with Crippen molar-refractivity contribution >= 4 is 11.5 Å². The fourth-order valence-electron chi connectivity index (χ4n) is 2.52. The number of ketones is 1. The van der Waals surface area contributed by atoms with Crippen LogP contribution in [0.25, 0.3) is 0 Å². The molecule has 3 rings (SSSR count). The van der Waals surface area contributed by atoms with Gasteiger partial charge in [0.25, 0.3) is 0 Å². The molecule has 0 radical (unpaired) electrons. The van der Waals surface area contributed by atoms with Gasteiger partial charge in [-0.05, 0) is 37.1 Å². The zero-order chi connectivity index (χ0) is 13.9. The maximum absolute atomic E-state index is 12.6. The number of carbonyl (C=O) groups is 1. The summed E-state index contributed by atoms with van der Waals surface area (Å²) in [6.07, 6.45) is 1.03. The third kappa shape index (κ3) is 2.27. The van der Waals surface area contributed by atoms with E-state index in [0.29, 0.717) is 23.5 Å². The molecule has 0 amide bonds. The van der Waals surface area contributed by atoms with Gasteiger partial charge in [-0.3, -0.25) is 4.79 Å². The van der Waals surface area contributed by atoms with E-state index in [1.807, 2.05) is 49.4 Å². The van der Waals surface area contributed by atoms with Crippen LogP contribution in [0, 0.1) is 0 Å². The molecule has 0 saturated heterocycles.